The number of carbonyl (C=O) groups is 2. The summed E-state index contributed by atoms with van der Waals surface area (Å²) in [5.41, 5.74) is 3.13. The first-order valence-corrected chi connectivity index (χ1v) is 12.1. The number of aryl methyl sites for hydroxylation is 1. The van der Waals surface area contributed by atoms with Gasteiger partial charge in [0.2, 0.25) is 11.8 Å². The number of carbonyl (C=O) groups excluding carboxylic acids is 2. The number of amides is 2. The number of piperazine rings is 1. The van der Waals surface area contributed by atoms with Crippen molar-refractivity contribution in [1.82, 2.24) is 0 Å². The Morgan fingerprint density at radius 3 is 2.26 bits per heavy atom. The molecule has 2 aromatic carbocycles. The van der Waals surface area contributed by atoms with Gasteiger partial charge < -0.3 is 9.80 Å². The van der Waals surface area contributed by atoms with Gasteiger partial charge in [-0.15, -0.1) is 0 Å². The lowest BCUT2D eigenvalue weighted by Crippen LogP contribution is -2.52. The Hall–Kier alpha value is -3.42. The van der Waals surface area contributed by atoms with E-state index in [1.807, 2.05) is 11.0 Å². The van der Waals surface area contributed by atoms with Crippen LogP contribution in [0.15, 0.2) is 42.5 Å². The quantitative estimate of drug-likeness (QED) is 0.383. The number of hydrogen-bond acceptors (Lipinski definition) is 6. The molecule has 3 atom stereocenters. The van der Waals surface area contributed by atoms with Gasteiger partial charge in [0.05, 0.1) is 22.4 Å². The molecule has 5 rings (SSSR count). The topological polar surface area (TPSA) is 87.0 Å². The van der Waals surface area contributed by atoms with Crippen LogP contribution in [0.1, 0.15) is 38.2 Å². The number of rotatable bonds is 4. The Morgan fingerprint density at radius 2 is 1.65 bits per heavy atom. The first-order chi connectivity index (χ1) is 16.3. The number of fused-ring (bicyclic) bond motifs is 1. The average molecular weight is 463 g/mol. The van der Waals surface area contributed by atoms with E-state index in [4.69, 9.17) is 0 Å². The van der Waals surface area contributed by atoms with Crippen molar-refractivity contribution in [1.29, 1.82) is 0 Å². The Bertz CT molecular complexity index is 1130. The van der Waals surface area contributed by atoms with Crippen molar-refractivity contribution in [2.75, 3.05) is 34.3 Å². The third-order valence-electron chi connectivity index (χ3n) is 7.56. The van der Waals surface area contributed by atoms with E-state index >= 15 is 0 Å². The molecule has 0 aromatic heterocycles. The number of nitro benzene ring substituents is 1. The lowest BCUT2D eigenvalue weighted by molar-refractivity contribution is -0.384. The molecule has 3 fully saturated rings. The second-order valence-corrected chi connectivity index (χ2v) is 9.77. The van der Waals surface area contributed by atoms with E-state index in [0.717, 1.165) is 37.9 Å². The molecule has 2 amide bonds. The minimum absolute atomic E-state index is 0.0656. The van der Waals surface area contributed by atoms with E-state index in [9.17, 15) is 19.7 Å². The molecule has 1 saturated carbocycles. The zero-order chi connectivity index (χ0) is 24.0. The van der Waals surface area contributed by atoms with Gasteiger partial charge in [0.1, 0.15) is 5.69 Å². The van der Waals surface area contributed by atoms with Crippen LogP contribution in [-0.2, 0) is 9.59 Å². The van der Waals surface area contributed by atoms with Crippen molar-refractivity contribution in [3.8, 4) is 0 Å². The second kappa shape index (κ2) is 8.74. The predicted molar refractivity (Wildman–Crippen MR) is 131 cm³/mol. The normalized spacial score (nSPS) is 25.0. The van der Waals surface area contributed by atoms with Crippen LogP contribution < -0.4 is 14.7 Å². The molecule has 3 aliphatic rings. The summed E-state index contributed by atoms with van der Waals surface area (Å²) in [5, 5.41) is 12.0. The minimum Gasteiger partial charge on any atom is -0.365 e. The van der Waals surface area contributed by atoms with E-state index in [1.165, 1.54) is 16.5 Å². The molecule has 2 aromatic rings. The second-order valence-electron chi connectivity index (χ2n) is 9.77. The largest absolute Gasteiger partial charge is 0.365 e. The summed E-state index contributed by atoms with van der Waals surface area (Å²) >= 11 is 0. The Morgan fingerprint density at radius 1 is 0.941 bits per heavy atom. The van der Waals surface area contributed by atoms with Crippen molar-refractivity contribution in [3.63, 3.8) is 0 Å². The maximum atomic E-state index is 13.0. The van der Waals surface area contributed by atoms with Gasteiger partial charge >= 0.3 is 0 Å². The molecule has 0 radical (unpaired) electrons. The number of hydrogen-bond donors (Lipinski definition) is 0. The first kappa shape index (κ1) is 22.4. The van der Waals surface area contributed by atoms with E-state index in [2.05, 4.69) is 36.9 Å². The zero-order valence-corrected chi connectivity index (χ0v) is 19.6. The van der Waals surface area contributed by atoms with Crippen LogP contribution in [0.2, 0.25) is 0 Å². The van der Waals surface area contributed by atoms with Crippen LogP contribution in [-0.4, -0.2) is 42.4 Å². The van der Waals surface area contributed by atoms with Crippen molar-refractivity contribution < 1.29 is 14.5 Å². The fraction of sp³-hybridized carbons (Fsp3) is 0.462. The summed E-state index contributed by atoms with van der Waals surface area (Å²) < 4.78 is 0. The van der Waals surface area contributed by atoms with Crippen molar-refractivity contribution in [2.24, 2.45) is 11.8 Å². The van der Waals surface area contributed by atoms with Crippen LogP contribution in [0, 0.1) is 28.9 Å². The molecule has 0 N–H and O–H groups in total. The molecule has 178 valence electrons. The highest BCUT2D eigenvalue weighted by Crippen LogP contribution is 2.42. The molecule has 2 heterocycles. The molecule has 0 unspecified atom stereocenters. The van der Waals surface area contributed by atoms with Gasteiger partial charge in [-0.3, -0.25) is 19.7 Å². The lowest BCUT2D eigenvalue weighted by atomic mass is 9.81. The Labute approximate surface area is 199 Å². The van der Waals surface area contributed by atoms with E-state index < -0.39 is 4.92 Å². The highest BCUT2D eigenvalue weighted by atomic mass is 16.6. The molecule has 0 bridgehead atoms. The molecule has 1 aliphatic carbocycles. The van der Waals surface area contributed by atoms with Gasteiger partial charge in [0.25, 0.3) is 5.69 Å². The van der Waals surface area contributed by atoms with Gasteiger partial charge in [-0.1, -0.05) is 25.0 Å². The monoisotopic (exact) mass is 462 g/mol. The molecule has 2 saturated heterocycles. The number of benzene rings is 2. The molecular formula is C26H30N4O4. The summed E-state index contributed by atoms with van der Waals surface area (Å²) in [7, 11) is 0. The summed E-state index contributed by atoms with van der Waals surface area (Å²) in [5.74, 6) is -0.986. The van der Waals surface area contributed by atoms with Gasteiger partial charge in [0, 0.05) is 37.4 Å². The maximum absolute atomic E-state index is 13.0. The zero-order valence-electron chi connectivity index (χ0n) is 19.6. The lowest BCUT2D eigenvalue weighted by Gasteiger charge is -2.42. The van der Waals surface area contributed by atoms with Crippen LogP contribution in [0.25, 0.3) is 0 Å². The summed E-state index contributed by atoms with van der Waals surface area (Å²) in [4.78, 5) is 43.1. The first-order valence-electron chi connectivity index (χ1n) is 12.1. The van der Waals surface area contributed by atoms with Gasteiger partial charge in [-0.2, -0.15) is 0 Å². The van der Waals surface area contributed by atoms with Crippen LogP contribution in [0.4, 0.5) is 22.7 Å². The summed E-state index contributed by atoms with van der Waals surface area (Å²) in [6, 6.07) is 13.3. The van der Waals surface area contributed by atoms with Crippen molar-refractivity contribution >= 4 is 34.6 Å². The van der Waals surface area contributed by atoms with Gasteiger partial charge in [-0.25, -0.2) is 4.90 Å². The fourth-order valence-electron chi connectivity index (χ4n) is 5.85. The molecule has 34 heavy (non-hydrogen) atoms. The fourth-order valence-corrected chi connectivity index (χ4v) is 5.85. The highest BCUT2D eigenvalue weighted by Gasteiger charge is 2.49. The SMILES string of the molecule is Cc1cccc(N2CCN(c3ccc(N4C(=O)[C@H]5CCCC[C@H]5C4=O)cc3[N+](=O)[O-])C[C@H]2C)c1. The average Bonchev–Trinajstić information content (AvgIpc) is 3.08. The smallest absolute Gasteiger partial charge is 0.294 e. The minimum atomic E-state index is -0.408. The molecule has 8 heteroatoms. The molecule has 8 nitrogen and oxygen atoms in total. The van der Waals surface area contributed by atoms with Crippen LogP contribution >= 0.6 is 0 Å². The van der Waals surface area contributed by atoms with Gasteiger partial charge in [-0.05, 0) is 56.5 Å². The standard InChI is InChI=1S/C26H30N4O4/c1-17-6-5-7-19(14-17)28-13-12-27(16-18(28)2)23-11-10-20(15-24(23)30(33)34)29-25(31)21-8-3-4-9-22(21)26(29)32/h5-7,10-11,14-15,18,21-22H,3-4,8-9,12-13,16H2,1-2H3/t18-,21-,22+/m1/s1. The molecule has 0 spiro atoms. The van der Waals surface area contributed by atoms with Crippen molar-refractivity contribution in [2.45, 2.75) is 45.6 Å². The van der Waals surface area contributed by atoms with E-state index in [0.29, 0.717) is 24.5 Å². The van der Waals surface area contributed by atoms with Gasteiger partial charge in [0.15, 0.2) is 0 Å². The highest BCUT2D eigenvalue weighted by molar-refractivity contribution is 6.22. The Kier molecular flexibility index (Phi) is 5.75. The number of imide groups is 1. The molecular weight excluding hydrogens is 432 g/mol. The van der Waals surface area contributed by atoms with E-state index in [-0.39, 0.29) is 35.4 Å². The summed E-state index contributed by atoms with van der Waals surface area (Å²) in [6.07, 6.45) is 3.32. The molecule has 2 aliphatic heterocycles. The Balaban J connectivity index is 1.40. The van der Waals surface area contributed by atoms with Crippen molar-refractivity contribution in [3.05, 3.63) is 58.1 Å². The van der Waals surface area contributed by atoms with E-state index in [1.54, 1.807) is 12.1 Å². The summed E-state index contributed by atoms with van der Waals surface area (Å²) in [6.45, 7) is 6.22. The predicted octanol–water partition coefficient (Wildman–Crippen LogP) is 4.30. The van der Waals surface area contributed by atoms with Crippen LogP contribution in [0.3, 0.4) is 0 Å². The number of nitro groups is 1. The third-order valence-corrected chi connectivity index (χ3v) is 7.56. The third kappa shape index (κ3) is 3.81. The number of anilines is 3. The van der Waals surface area contributed by atoms with Crippen LogP contribution in [0.5, 0.6) is 0 Å². The number of nitrogens with zero attached hydrogens (tertiary/aromatic N) is 4. The maximum Gasteiger partial charge on any atom is 0.294 e.